The molecule has 0 aliphatic carbocycles. The van der Waals surface area contributed by atoms with Crippen LogP contribution in [0.3, 0.4) is 0 Å². The third kappa shape index (κ3) is 5.85. The number of rotatable bonds is 4. The topological polar surface area (TPSA) is 48.3 Å². The summed E-state index contributed by atoms with van der Waals surface area (Å²) in [7, 11) is 0. The fraction of sp³-hybridized carbons (Fsp3) is 0.538. The molecule has 0 aliphatic rings. The number of halogens is 3. The highest BCUT2D eigenvalue weighted by atomic mass is 79.9. The molecule has 112 valence electrons. The normalized spacial score (nSPS) is 15.3. The van der Waals surface area contributed by atoms with Gasteiger partial charge in [-0.3, -0.25) is 0 Å². The Morgan fingerprint density at radius 1 is 1.35 bits per heavy atom. The van der Waals surface area contributed by atoms with Gasteiger partial charge in [-0.15, -0.1) is 0 Å². The van der Waals surface area contributed by atoms with Gasteiger partial charge in [-0.25, -0.2) is 13.8 Å². The first-order valence-corrected chi connectivity index (χ1v) is 7.89. The Morgan fingerprint density at radius 2 is 1.95 bits per heavy atom. The van der Waals surface area contributed by atoms with Crippen LogP contribution in [0.25, 0.3) is 0 Å². The standard InChI is InChI=1S/C13H17BrF2N2OS/c1-12(2,3)20(19)18-10(8-13(4,15)16)9-6-5-7-11(14)17-9/h5-7H,8H2,1-4H3/b18-10+. The minimum atomic E-state index is -2.94. The summed E-state index contributed by atoms with van der Waals surface area (Å²) in [5.41, 5.74) is 0.352. The lowest BCUT2D eigenvalue weighted by molar-refractivity contribution is 0.0304. The number of aromatic nitrogens is 1. The molecule has 0 spiro atoms. The molecule has 0 saturated heterocycles. The molecule has 1 aromatic heterocycles. The van der Waals surface area contributed by atoms with Crippen LogP contribution in [0.2, 0.25) is 0 Å². The summed E-state index contributed by atoms with van der Waals surface area (Å²) >= 11 is 1.58. The predicted molar refractivity (Wildman–Crippen MR) is 81.6 cm³/mol. The molecule has 0 radical (unpaired) electrons. The van der Waals surface area contributed by atoms with Gasteiger partial charge in [0.05, 0.1) is 12.1 Å². The SMILES string of the molecule is CC(F)(F)C/C(=N\[S+]([O-])C(C)(C)C)c1cccc(Br)n1. The summed E-state index contributed by atoms with van der Waals surface area (Å²) in [5.74, 6) is -2.94. The lowest BCUT2D eigenvalue weighted by Gasteiger charge is -2.20. The van der Waals surface area contributed by atoms with E-state index in [-0.39, 0.29) is 5.71 Å². The molecule has 1 heterocycles. The smallest absolute Gasteiger partial charge is 0.251 e. The van der Waals surface area contributed by atoms with Crippen LogP contribution in [0.15, 0.2) is 27.2 Å². The molecule has 0 saturated carbocycles. The number of nitrogens with zero attached hydrogens (tertiary/aromatic N) is 2. The summed E-state index contributed by atoms with van der Waals surface area (Å²) in [6.45, 7) is 6.02. The molecule has 0 aliphatic heterocycles. The minimum absolute atomic E-state index is 0.0482. The summed E-state index contributed by atoms with van der Waals surface area (Å²) in [6.07, 6.45) is -0.599. The molecule has 0 bridgehead atoms. The Morgan fingerprint density at radius 3 is 2.40 bits per heavy atom. The highest BCUT2D eigenvalue weighted by Gasteiger charge is 2.31. The van der Waals surface area contributed by atoms with Crippen molar-refractivity contribution in [2.45, 2.75) is 44.8 Å². The van der Waals surface area contributed by atoms with E-state index in [4.69, 9.17) is 0 Å². The van der Waals surface area contributed by atoms with E-state index in [0.29, 0.717) is 10.3 Å². The fourth-order valence-corrected chi connectivity index (χ4v) is 2.25. The number of pyridine rings is 1. The van der Waals surface area contributed by atoms with Gasteiger partial charge in [0.1, 0.15) is 26.4 Å². The largest absolute Gasteiger partial charge is 0.591 e. The van der Waals surface area contributed by atoms with Crippen molar-refractivity contribution in [3.63, 3.8) is 0 Å². The fourth-order valence-electron chi connectivity index (χ4n) is 1.27. The maximum atomic E-state index is 13.3. The quantitative estimate of drug-likeness (QED) is 0.456. The maximum Gasteiger partial charge on any atom is 0.251 e. The lowest BCUT2D eigenvalue weighted by Crippen LogP contribution is -2.28. The Hall–Kier alpha value is -0.530. The van der Waals surface area contributed by atoms with E-state index in [1.807, 2.05) is 0 Å². The molecule has 1 rings (SSSR count). The molecule has 0 fully saturated rings. The summed E-state index contributed by atoms with van der Waals surface area (Å²) in [5, 5.41) is 0. The van der Waals surface area contributed by atoms with Gasteiger partial charge in [0, 0.05) is 0 Å². The van der Waals surface area contributed by atoms with Crippen molar-refractivity contribution in [3.05, 3.63) is 28.5 Å². The second-order valence-corrected chi connectivity index (χ2v) is 8.21. The average molecular weight is 367 g/mol. The van der Waals surface area contributed by atoms with Crippen LogP contribution in [0.4, 0.5) is 8.78 Å². The Balaban J connectivity index is 3.19. The Kier molecular flexibility index (Phi) is 5.69. The van der Waals surface area contributed by atoms with Crippen molar-refractivity contribution in [3.8, 4) is 0 Å². The van der Waals surface area contributed by atoms with E-state index in [2.05, 4.69) is 25.3 Å². The van der Waals surface area contributed by atoms with Gasteiger partial charge in [0.15, 0.2) is 0 Å². The number of hydrogen-bond acceptors (Lipinski definition) is 3. The summed E-state index contributed by atoms with van der Waals surface area (Å²) < 4.78 is 42.5. The average Bonchev–Trinajstić information content (AvgIpc) is 2.25. The molecular weight excluding hydrogens is 350 g/mol. The number of alkyl halides is 2. The van der Waals surface area contributed by atoms with Crippen molar-refractivity contribution in [2.24, 2.45) is 4.40 Å². The lowest BCUT2D eigenvalue weighted by atomic mass is 10.1. The second-order valence-electron chi connectivity index (χ2n) is 5.49. The van der Waals surface area contributed by atoms with Crippen molar-refractivity contribution in [1.29, 1.82) is 0 Å². The monoisotopic (exact) mass is 366 g/mol. The Labute approximate surface area is 129 Å². The third-order valence-electron chi connectivity index (χ3n) is 2.21. The molecule has 1 unspecified atom stereocenters. The van der Waals surface area contributed by atoms with Crippen molar-refractivity contribution in [2.75, 3.05) is 0 Å². The van der Waals surface area contributed by atoms with Gasteiger partial charge < -0.3 is 4.55 Å². The van der Waals surface area contributed by atoms with Gasteiger partial charge in [-0.2, -0.15) is 0 Å². The number of hydrogen-bond donors (Lipinski definition) is 0. The molecule has 1 aromatic rings. The van der Waals surface area contributed by atoms with Crippen LogP contribution >= 0.6 is 15.9 Å². The van der Waals surface area contributed by atoms with Crippen molar-refractivity contribution < 1.29 is 13.3 Å². The molecular formula is C13H17BrF2N2OS. The highest BCUT2D eigenvalue weighted by molar-refractivity contribution is 9.10. The Bertz CT molecular complexity index is 498. The van der Waals surface area contributed by atoms with Crippen LogP contribution in [0.5, 0.6) is 0 Å². The van der Waals surface area contributed by atoms with Gasteiger partial charge in [0.2, 0.25) is 0 Å². The zero-order chi connectivity index (χ0) is 15.6. The first kappa shape index (κ1) is 17.5. The second kappa shape index (κ2) is 6.49. The van der Waals surface area contributed by atoms with Crippen molar-refractivity contribution in [1.82, 2.24) is 4.98 Å². The summed E-state index contributed by atoms with van der Waals surface area (Å²) in [4.78, 5) is 4.11. The highest BCUT2D eigenvalue weighted by Crippen LogP contribution is 2.24. The molecule has 0 amide bonds. The maximum absolute atomic E-state index is 13.3. The molecule has 7 heteroatoms. The van der Waals surface area contributed by atoms with Crippen LogP contribution in [0.1, 0.15) is 39.8 Å². The zero-order valence-electron chi connectivity index (χ0n) is 11.8. The van der Waals surface area contributed by atoms with Gasteiger partial charge in [0.25, 0.3) is 5.92 Å². The molecule has 0 N–H and O–H groups in total. The molecule has 3 nitrogen and oxygen atoms in total. The van der Waals surface area contributed by atoms with Crippen LogP contribution < -0.4 is 0 Å². The molecule has 20 heavy (non-hydrogen) atoms. The van der Waals surface area contributed by atoms with Gasteiger partial charge >= 0.3 is 0 Å². The predicted octanol–water partition coefficient (Wildman–Crippen LogP) is 4.14. The van der Waals surface area contributed by atoms with Gasteiger partial charge in [-0.1, -0.05) is 10.5 Å². The van der Waals surface area contributed by atoms with Crippen LogP contribution in [-0.4, -0.2) is 25.9 Å². The zero-order valence-corrected chi connectivity index (χ0v) is 14.2. The van der Waals surface area contributed by atoms with E-state index in [0.717, 1.165) is 6.92 Å². The summed E-state index contributed by atoms with van der Waals surface area (Å²) in [6, 6.07) is 4.94. The minimum Gasteiger partial charge on any atom is -0.591 e. The molecule has 0 aromatic carbocycles. The van der Waals surface area contributed by atoms with E-state index >= 15 is 0 Å². The first-order chi connectivity index (χ1) is 8.99. The van der Waals surface area contributed by atoms with E-state index in [1.165, 1.54) is 0 Å². The first-order valence-electron chi connectivity index (χ1n) is 5.99. The molecule has 1 atom stereocenters. The van der Waals surface area contributed by atoms with E-state index < -0.39 is 28.5 Å². The van der Waals surface area contributed by atoms with E-state index in [1.54, 1.807) is 39.0 Å². The van der Waals surface area contributed by atoms with Crippen LogP contribution in [-0.2, 0) is 11.4 Å². The van der Waals surface area contributed by atoms with Crippen molar-refractivity contribution >= 4 is 33.0 Å². The van der Waals surface area contributed by atoms with Crippen LogP contribution in [0, 0.1) is 0 Å². The van der Waals surface area contributed by atoms with E-state index in [9.17, 15) is 13.3 Å². The third-order valence-corrected chi connectivity index (χ3v) is 4.08. The van der Waals surface area contributed by atoms with Gasteiger partial charge in [-0.05, 0) is 55.8 Å².